The summed E-state index contributed by atoms with van der Waals surface area (Å²) in [5, 5.41) is 8.44. The predicted molar refractivity (Wildman–Crippen MR) is 42.2 cm³/mol. The van der Waals surface area contributed by atoms with E-state index in [1.54, 1.807) is 0 Å². The van der Waals surface area contributed by atoms with Crippen molar-refractivity contribution in [2.24, 2.45) is 0 Å². The number of unbranched alkanes of at least 4 members (excludes halogenated alkanes) is 4. The third-order valence-electron chi connectivity index (χ3n) is 1.49. The van der Waals surface area contributed by atoms with Crippen molar-refractivity contribution in [3.63, 3.8) is 0 Å². The van der Waals surface area contributed by atoms with Gasteiger partial charge in [-0.2, -0.15) is 0 Å². The molecule has 11 heavy (non-hydrogen) atoms. The molecule has 0 saturated carbocycles. The zero-order valence-corrected chi connectivity index (χ0v) is 6.79. The molecule has 0 saturated heterocycles. The van der Waals surface area contributed by atoms with Crippen molar-refractivity contribution < 1.29 is 14.6 Å². The third kappa shape index (κ3) is 9.43. The van der Waals surface area contributed by atoms with Gasteiger partial charge in [-0.3, -0.25) is 4.79 Å². The Morgan fingerprint density at radius 2 is 1.73 bits per heavy atom. The molecule has 0 bridgehead atoms. The molecule has 0 fully saturated rings. The summed E-state index contributed by atoms with van der Waals surface area (Å²) in [6.07, 6.45) is 5.08. The monoisotopic (exact) mass is 160 g/mol. The maximum absolute atomic E-state index is 9.68. The molecule has 0 unspecified atom stereocenters. The Kier molecular flexibility index (Phi) is 8.94. The van der Waals surface area contributed by atoms with E-state index < -0.39 is 0 Å². The molecular formula is C8H16O3. The Balaban J connectivity index is 2.74. The number of aliphatic hydroxyl groups is 1. The number of carbonyl (C=O) groups is 1. The van der Waals surface area contributed by atoms with Crippen LogP contribution in [0, 0.1) is 0 Å². The van der Waals surface area contributed by atoms with Gasteiger partial charge >= 0.3 is 0 Å². The van der Waals surface area contributed by atoms with Crippen LogP contribution in [0.25, 0.3) is 0 Å². The average Bonchev–Trinajstić information content (AvgIpc) is 2.03. The van der Waals surface area contributed by atoms with Crippen molar-refractivity contribution >= 4 is 6.47 Å². The van der Waals surface area contributed by atoms with E-state index in [0.29, 0.717) is 13.1 Å². The maximum atomic E-state index is 9.68. The van der Waals surface area contributed by atoms with Gasteiger partial charge in [0.2, 0.25) is 0 Å². The van der Waals surface area contributed by atoms with Gasteiger partial charge in [0.05, 0.1) is 6.61 Å². The van der Waals surface area contributed by atoms with E-state index in [0.717, 1.165) is 32.1 Å². The van der Waals surface area contributed by atoms with Crippen molar-refractivity contribution in [2.75, 3.05) is 13.2 Å². The van der Waals surface area contributed by atoms with Gasteiger partial charge in [-0.25, -0.2) is 0 Å². The zero-order chi connectivity index (χ0) is 8.36. The van der Waals surface area contributed by atoms with Crippen molar-refractivity contribution in [1.29, 1.82) is 0 Å². The molecule has 0 radical (unpaired) electrons. The number of hydrogen-bond acceptors (Lipinski definition) is 3. The largest absolute Gasteiger partial charge is 0.468 e. The zero-order valence-electron chi connectivity index (χ0n) is 6.79. The molecule has 0 atom stereocenters. The van der Waals surface area contributed by atoms with E-state index in [1.165, 1.54) is 0 Å². The number of rotatable bonds is 8. The van der Waals surface area contributed by atoms with E-state index in [1.807, 2.05) is 0 Å². The van der Waals surface area contributed by atoms with E-state index >= 15 is 0 Å². The van der Waals surface area contributed by atoms with Crippen LogP contribution in [0.3, 0.4) is 0 Å². The minimum atomic E-state index is 0.283. The summed E-state index contributed by atoms with van der Waals surface area (Å²) in [7, 11) is 0. The molecule has 0 aromatic carbocycles. The summed E-state index contributed by atoms with van der Waals surface area (Å²) in [5.74, 6) is 0. The first kappa shape index (κ1) is 10.4. The third-order valence-corrected chi connectivity index (χ3v) is 1.49. The highest BCUT2D eigenvalue weighted by atomic mass is 16.5. The second kappa shape index (κ2) is 9.43. The molecule has 0 heterocycles. The fraction of sp³-hybridized carbons (Fsp3) is 0.875. The number of hydrogen-bond donors (Lipinski definition) is 1. The summed E-state index contributed by atoms with van der Waals surface area (Å²) >= 11 is 0. The van der Waals surface area contributed by atoms with Crippen LogP contribution in [-0.2, 0) is 9.53 Å². The van der Waals surface area contributed by atoms with E-state index in [9.17, 15) is 4.79 Å². The standard InChI is InChI=1S/C8H16O3/c9-6-4-2-1-3-5-7-11-8-10/h8-9H,1-7H2. The van der Waals surface area contributed by atoms with Gasteiger partial charge in [0.15, 0.2) is 0 Å². The van der Waals surface area contributed by atoms with Gasteiger partial charge in [-0.1, -0.05) is 19.3 Å². The quantitative estimate of drug-likeness (QED) is 0.427. The lowest BCUT2D eigenvalue weighted by Gasteiger charge is -1.98. The van der Waals surface area contributed by atoms with Crippen LogP contribution in [0.1, 0.15) is 32.1 Å². The van der Waals surface area contributed by atoms with Crippen LogP contribution >= 0.6 is 0 Å². The predicted octanol–water partition coefficient (Wildman–Crippen LogP) is 1.10. The van der Waals surface area contributed by atoms with E-state index in [-0.39, 0.29) is 6.61 Å². The van der Waals surface area contributed by atoms with Gasteiger partial charge in [0, 0.05) is 6.61 Å². The SMILES string of the molecule is O=COCCCCCCCO. The lowest BCUT2D eigenvalue weighted by Crippen LogP contribution is -1.91. The molecule has 0 aliphatic heterocycles. The fourth-order valence-corrected chi connectivity index (χ4v) is 0.876. The minimum absolute atomic E-state index is 0.283. The Morgan fingerprint density at radius 1 is 1.09 bits per heavy atom. The summed E-state index contributed by atoms with van der Waals surface area (Å²) in [5.41, 5.74) is 0. The first-order valence-corrected chi connectivity index (χ1v) is 4.08. The lowest BCUT2D eigenvalue weighted by atomic mass is 10.1. The van der Waals surface area contributed by atoms with Gasteiger partial charge in [0.25, 0.3) is 6.47 Å². The summed E-state index contributed by atoms with van der Waals surface area (Å²) in [4.78, 5) is 9.68. The molecule has 0 rings (SSSR count). The molecule has 0 aromatic rings. The number of aliphatic hydroxyl groups excluding tert-OH is 1. The van der Waals surface area contributed by atoms with Crippen molar-refractivity contribution in [1.82, 2.24) is 0 Å². The smallest absolute Gasteiger partial charge is 0.293 e. The maximum Gasteiger partial charge on any atom is 0.293 e. The van der Waals surface area contributed by atoms with E-state index in [2.05, 4.69) is 4.74 Å². The van der Waals surface area contributed by atoms with Crippen LogP contribution < -0.4 is 0 Å². The highest BCUT2D eigenvalue weighted by Gasteiger charge is 1.89. The van der Waals surface area contributed by atoms with Gasteiger partial charge in [0.1, 0.15) is 0 Å². The molecule has 0 aliphatic rings. The van der Waals surface area contributed by atoms with Crippen LogP contribution in [0.2, 0.25) is 0 Å². The molecule has 0 amide bonds. The molecule has 3 heteroatoms. The summed E-state index contributed by atoms with van der Waals surface area (Å²) in [6, 6.07) is 0. The second-order valence-corrected chi connectivity index (χ2v) is 2.46. The van der Waals surface area contributed by atoms with Crippen LogP contribution in [0.15, 0.2) is 0 Å². The van der Waals surface area contributed by atoms with Crippen molar-refractivity contribution in [3.05, 3.63) is 0 Å². The average molecular weight is 160 g/mol. The molecular weight excluding hydrogens is 144 g/mol. The highest BCUT2D eigenvalue weighted by molar-refractivity contribution is 5.36. The fourth-order valence-electron chi connectivity index (χ4n) is 0.876. The highest BCUT2D eigenvalue weighted by Crippen LogP contribution is 2.01. The molecule has 1 N–H and O–H groups in total. The second-order valence-electron chi connectivity index (χ2n) is 2.46. The van der Waals surface area contributed by atoms with Crippen LogP contribution in [-0.4, -0.2) is 24.8 Å². The van der Waals surface area contributed by atoms with Gasteiger partial charge < -0.3 is 9.84 Å². The number of ether oxygens (including phenoxy) is 1. The summed E-state index contributed by atoms with van der Waals surface area (Å²) < 4.78 is 4.51. The topological polar surface area (TPSA) is 46.5 Å². The molecule has 0 spiro atoms. The van der Waals surface area contributed by atoms with Crippen LogP contribution in [0.5, 0.6) is 0 Å². The summed E-state index contributed by atoms with van der Waals surface area (Å²) in [6.45, 7) is 1.29. The first-order chi connectivity index (χ1) is 5.41. The lowest BCUT2D eigenvalue weighted by molar-refractivity contribution is -0.128. The Bertz CT molecular complexity index is 83.4. The van der Waals surface area contributed by atoms with Crippen molar-refractivity contribution in [3.8, 4) is 0 Å². The van der Waals surface area contributed by atoms with E-state index in [4.69, 9.17) is 5.11 Å². The minimum Gasteiger partial charge on any atom is -0.468 e. The first-order valence-electron chi connectivity index (χ1n) is 4.08. The Morgan fingerprint density at radius 3 is 2.36 bits per heavy atom. The van der Waals surface area contributed by atoms with Gasteiger partial charge in [-0.15, -0.1) is 0 Å². The molecule has 66 valence electrons. The Labute approximate surface area is 67.4 Å². The molecule has 0 aromatic heterocycles. The number of carbonyl (C=O) groups excluding carboxylic acids is 1. The molecule has 0 aliphatic carbocycles. The normalized spacial score (nSPS) is 9.55. The Hall–Kier alpha value is -0.570. The van der Waals surface area contributed by atoms with Crippen molar-refractivity contribution in [2.45, 2.75) is 32.1 Å². The van der Waals surface area contributed by atoms with Gasteiger partial charge in [-0.05, 0) is 12.8 Å². The van der Waals surface area contributed by atoms with Crippen LogP contribution in [0.4, 0.5) is 0 Å². The molecule has 3 nitrogen and oxygen atoms in total.